The monoisotopic (exact) mass is 262 g/mol. The molecular formula is C16H26N2O. The zero-order valence-electron chi connectivity index (χ0n) is 12.4. The molecule has 1 atom stereocenters. The molecule has 19 heavy (non-hydrogen) atoms. The average Bonchev–Trinajstić information content (AvgIpc) is 2.87. The highest BCUT2D eigenvalue weighted by Crippen LogP contribution is 2.25. The van der Waals surface area contributed by atoms with E-state index in [4.69, 9.17) is 4.74 Å². The second kappa shape index (κ2) is 6.92. The van der Waals surface area contributed by atoms with E-state index in [1.54, 1.807) is 7.11 Å². The highest BCUT2D eigenvalue weighted by atomic mass is 16.5. The fourth-order valence-electron chi connectivity index (χ4n) is 2.95. The zero-order valence-corrected chi connectivity index (χ0v) is 12.4. The van der Waals surface area contributed by atoms with Crippen molar-refractivity contribution in [1.82, 2.24) is 10.6 Å². The third kappa shape index (κ3) is 3.95. The number of benzene rings is 1. The van der Waals surface area contributed by atoms with Crippen molar-refractivity contribution in [3.05, 3.63) is 28.8 Å². The van der Waals surface area contributed by atoms with Crippen LogP contribution in [0.5, 0.6) is 5.75 Å². The molecule has 2 N–H and O–H groups in total. The molecule has 0 aromatic heterocycles. The lowest BCUT2D eigenvalue weighted by Crippen LogP contribution is -2.34. The molecule has 1 aliphatic rings. The molecule has 2 rings (SSSR count). The third-order valence-electron chi connectivity index (χ3n) is 3.82. The predicted octanol–water partition coefficient (Wildman–Crippen LogP) is 2.20. The Morgan fingerprint density at radius 2 is 2.21 bits per heavy atom. The number of hydrogen-bond acceptors (Lipinski definition) is 3. The molecule has 0 amide bonds. The van der Waals surface area contributed by atoms with Gasteiger partial charge in [0.05, 0.1) is 7.11 Å². The topological polar surface area (TPSA) is 33.3 Å². The molecule has 1 saturated heterocycles. The van der Waals surface area contributed by atoms with Gasteiger partial charge in [0.2, 0.25) is 0 Å². The minimum atomic E-state index is 0.668. The van der Waals surface area contributed by atoms with Crippen LogP contribution in [0.3, 0.4) is 0 Å². The zero-order chi connectivity index (χ0) is 13.7. The van der Waals surface area contributed by atoms with E-state index in [0.717, 1.165) is 25.3 Å². The van der Waals surface area contributed by atoms with Crippen molar-refractivity contribution in [1.29, 1.82) is 0 Å². The van der Waals surface area contributed by atoms with Crippen molar-refractivity contribution < 1.29 is 4.74 Å². The maximum atomic E-state index is 5.52. The normalized spacial score (nSPS) is 18.8. The fraction of sp³-hybridized carbons (Fsp3) is 0.625. The van der Waals surface area contributed by atoms with E-state index in [2.05, 4.69) is 36.6 Å². The van der Waals surface area contributed by atoms with Crippen LogP contribution >= 0.6 is 0 Å². The first-order chi connectivity index (χ1) is 9.20. The number of methoxy groups -OCH3 is 1. The Bertz CT molecular complexity index is 411. The smallest absolute Gasteiger partial charge is 0.125 e. The van der Waals surface area contributed by atoms with Crippen LogP contribution in [-0.2, 0) is 6.42 Å². The van der Waals surface area contributed by atoms with Crippen LogP contribution in [0.2, 0.25) is 0 Å². The average molecular weight is 262 g/mol. The second-order valence-electron chi connectivity index (χ2n) is 5.52. The molecule has 3 heteroatoms. The van der Waals surface area contributed by atoms with Crippen molar-refractivity contribution in [2.24, 2.45) is 0 Å². The van der Waals surface area contributed by atoms with Crippen LogP contribution in [0.25, 0.3) is 0 Å². The molecule has 1 aromatic carbocycles. The van der Waals surface area contributed by atoms with Gasteiger partial charge in [0.15, 0.2) is 0 Å². The maximum Gasteiger partial charge on any atom is 0.125 e. The lowest BCUT2D eigenvalue weighted by molar-refractivity contribution is 0.405. The number of aryl methyl sites for hydroxylation is 2. The SMILES string of the molecule is COc1c(C)cc(C)cc1CCNCC1CCCN1. The summed E-state index contributed by atoms with van der Waals surface area (Å²) in [6.07, 6.45) is 3.65. The predicted molar refractivity (Wildman–Crippen MR) is 80.1 cm³/mol. The van der Waals surface area contributed by atoms with E-state index in [1.165, 1.54) is 36.1 Å². The van der Waals surface area contributed by atoms with Crippen molar-refractivity contribution in [2.45, 2.75) is 39.2 Å². The van der Waals surface area contributed by atoms with E-state index in [9.17, 15) is 0 Å². The molecule has 0 spiro atoms. The van der Waals surface area contributed by atoms with Gasteiger partial charge in [0.25, 0.3) is 0 Å². The summed E-state index contributed by atoms with van der Waals surface area (Å²) in [6.45, 7) is 7.53. The van der Waals surface area contributed by atoms with E-state index in [1.807, 2.05) is 0 Å². The van der Waals surface area contributed by atoms with Crippen LogP contribution in [0.4, 0.5) is 0 Å². The van der Waals surface area contributed by atoms with E-state index >= 15 is 0 Å². The van der Waals surface area contributed by atoms with Crippen LogP contribution < -0.4 is 15.4 Å². The van der Waals surface area contributed by atoms with Crippen molar-refractivity contribution >= 4 is 0 Å². The molecule has 106 valence electrons. The molecule has 0 radical (unpaired) electrons. The van der Waals surface area contributed by atoms with Gasteiger partial charge in [-0.15, -0.1) is 0 Å². The summed E-state index contributed by atoms with van der Waals surface area (Å²) in [6, 6.07) is 5.08. The molecule has 0 bridgehead atoms. The number of nitrogens with one attached hydrogen (secondary N) is 2. The number of rotatable bonds is 6. The maximum absolute atomic E-state index is 5.52. The van der Waals surface area contributed by atoms with Gasteiger partial charge in [0.1, 0.15) is 5.75 Å². The highest BCUT2D eigenvalue weighted by Gasteiger charge is 2.13. The van der Waals surface area contributed by atoms with Gasteiger partial charge in [-0.3, -0.25) is 0 Å². The Labute approximate surface area is 116 Å². The number of hydrogen-bond donors (Lipinski definition) is 2. The Balaban J connectivity index is 1.84. The van der Waals surface area contributed by atoms with Crippen LogP contribution in [0.15, 0.2) is 12.1 Å². The van der Waals surface area contributed by atoms with Gasteiger partial charge in [-0.25, -0.2) is 0 Å². The Hall–Kier alpha value is -1.06. The van der Waals surface area contributed by atoms with Gasteiger partial charge >= 0.3 is 0 Å². The lowest BCUT2D eigenvalue weighted by Gasteiger charge is -2.14. The van der Waals surface area contributed by atoms with Crippen LogP contribution in [-0.4, -0.2) is 32.8 Å². The minimum absolute atomic E-state index is 0.668. The molecule has 1 aliphatic heterocycles. The summed E-state index contributed by atoms with van der Waals surface area (Å²) in [4.78, 5) is 0. The second-order valence-corrected chi connectivity index (χ2v) is 5.52. The summed E-state index contributed by atoms with van der Waals surface area (Å²) in [5, 5.41) is 7.06. The van der Waals surface area contributed by atoms with Gasteiger partial charge in [-0.1, -0.05) is 17.7 Å². The minimum Gasteiger partial charge on any atom is -0.496 e. The third-order valence-corrected chi connectivity index (χ3v) is 3.82. The summed E-state index contributed by atoms with van der Waals surface area (Å²) in [7, 11) is 1.76. The molecule has 0 saturated carbocycles. The van der Waals surface area contributed by atoms with Gasteiger partial charge in [-0.05, 0) is 57.3 Å². The molecular weight excluding hydrogens is 236 g/mol. The van der Waals surface area contributed by atoms with Gasteiger partial charge in [0, 0.05) is 12.6 Å². The van der Waals surface area contributed by atoms with E-state index in [0.29, 0.717) is 6.04 Å². The summed E-state index contributed by atoms with van der Waals surface area (Å²) in [5.41, 5.74) is 3.85. The van der Waals surface area contributed by atoms with Crippen LogP contribution in [0.1, 0.15) is 29.5 Å². The molecule has 1 fully saturated rings. The van der Waals surface area contributed by atoms with E-state index < -0.39 is 0 Å². The van der Waals surface area contributed by atoms with Crippen molar-refractivity contribution in [3.63, 3.8) is 0 Å². The fourth-order valence-corrected chi connectivity index (χ4v) is 2.95. The highest BCUT2D eigenvalue weighted by molar-refractivity contribution is 5.43. The lowest BCUT2D eigenvalue weighted by atomic mass is 10.0. The summed E-state index contributed by atoms with van der Waals surface area (Å²) in [5.74, 6) is 1.05. The first-order valence-electron chi connectivity index (χ1n) is 7.29. The molecule has 3 nitrogen and oxygen atoms in total. The Kier molecular flexibility index (Phi) is 5.23. The largest absolute Gasteiger partial charge is 0.496 e. The van der Waals surface area contributed by atoms with Gasteiger partial charge < -0.3 is 15.4 Å². The molecule has 1 aromatic rings. The quantitative estimate of drug-likeness (QED) is 0.771. The first kappa shape index (κ1) is 14.4. The van der Waals surface area contributed by atoms with E-state index in [-0.39, 0.29) is 0 Å². The van der Waals surface area contributed by atoms with Crippen LogP contribution in [0, 0.1) is 13.8 Å². The van der Waals surface area contributed by atoms with Gasteiger partial charge in [-0.2, -0.15) is 0 Å². The first-order valence-corrected chi connectivity index (χ1v) is 7.29. The molecule has 1 unspecified atom stereocenters. The Morgan fingerprint density at radius 3 is 2.89 bits per heavy atom. The number of ether oxygens (including phenoxy) is 1. The summed E-state index contributed by atoms with van der Waals surface area (Å²) >= 11 is 0. The Morgan fingerprint density at radius 1 is 1.37 bits per heavy atom. The standard InChI is InChI=1S/C16H26N2O/c1-12-9-13(2)16(19-3)14(10-12)6-8-17-11-15-5-4-7-18-15/h9-10,15,17-18H,4-8,11H2,1-3H3. The molecule has 1 heterocycles. The van der Waals surface area contributed by atoms with Crippen molar-refractivity contribution in [2.75, 3.05) is 26.7 Å². The van der Waals surface area contributed by atoms with Crippen molar-refractivity contribution in [3.8, 4) is 5.75 Å². The summed E-state index contributed by atoms with van der Waals surface area (Å²) < 4.78 is 5.52. The molecule has 0 aliphatic carbocycles.